The van der Waals surface area contributed by atoms with E-state index in [1.165, 1.54) is 0 Å². The molecule has 0 bridgehead atoms. The van der Waals surface area contributed by atoms with Gasteiger partial charge in [0.2, 0.25) is 0 Å². The fourth-order valence-corrected chi connectivity index (χ4v) is 2.08. The van der Waals surface area contributed by atoms with Gasteiger partial charge in [-0.1, -0.05) is 17.3 Å². The molecule has 0 spiro atoms. The summed E-state index contributed by atoms with van der Waals surface area (Å²) in [5.74, 6) is 0.848. The normalized spacial score (nSPS) is 11.3. The van der Waals surface area contributed by atoms with Crippen molar-refractivity contribution in [2.75, 3.05) is 0 Å². The molecular weight excluding hydrogens is 226 g/mol. The minimum atomic E-state index is 0.841. The summed E-state index contributed by atoms with van der Waals surface area (Å²) in [4.78, 5) is 7.86. The Bertz CT molecular complexity index is 809. The van der Waals surface area contributed by atoms with Gasteiger partial charge in [-0.15, -0.1) is 5.10 Å². The number of aromatic nitrogens is 5. The van der Waals surface area contributed by atoms with E-state index in [9.17, 15) is 0 Å². The first-order chi connectivity index (χ1) is 8.90. The summed E-state index contributed by atoms with van der Waals surface area (Å²) in [5, 5.41) is 10.6. The highest BCUT2D eigenvalue weighted by molar-refractivity contribution is 5.83. The summed E-state index contributed by atoms with van der Waals surface area (Å²) >= 11 is 0. The third-order valence-corrected chi connectivity index (χ3v) is 2.99. The molecule has 4 rings (SSSR count). The summed E-state index contributed by atoms with van der Waals surface area (Å²) in [6.07, 6.45) is 0. The highest BCUT2D eigenvalue weighted by Crippen LogP contribution is 2.22. The van der Waals surface area contributed by atoms with E-state index in [4.69, 9.17) is 0 Å². The van der Waals surface area contributed by atoms with Crippen molar-refractivity contribution < 1.29 is 0 Å². The molecule has 0 amide bonds. The van der Waals surface area contributed by atoms with Gasteiger partial charge in [0.05, 0.1) is 16.6 Å². The van der Waals surface area contributed by atoms with Crippen molar-refractivity contribution >= 4 is 22.1 Å². The van der Waals surface area contributed by atoms with Crippen LogP contribution in [0, 0.1) is 0 Å². The zero-order chi connectivity index (χ0) is 11.9. The van der Waals surface area contributed by atoms with Crippen LogP contribution in [0.25, 0.3) is 33.5 Å². The standard InChI is InChI=1S/C13H9N5/c1-2-4-10-9(3-1)14-13(15-10)8-5-6-11-12(7-8)17-18-16-11/h1-7H,(H,14,15)(H,16,17,18). The second-order valence-corrected chi connectivity index (χ2v) is 4.15. The molecule has 0 unspecified atom stereocenters. The highest BCUT2D eigenvalue weighted by Gasteiger charge is 2.06. The molecule has 0 aliphatic heterocycles. The van der Waals surface area contributed by atoms with Crippen LogP contribution in [0.5, 0.6) is 0 Å². The van der Waals surface area contributed by atoms with Crippen LogP contribution in [0.3, 0.4) is 0 Å². The quantitative estimate of drug-likeness (QED) is 0.532. The van der Waals surface area contributed by atoms with Gasteiger partial charge in [-0.3, -0.25) is 5.10 Å². The molecule has 18 heavy (non-hydrogen) atoms. The molecule has 4 aromatic rings. The van der Waals surface area contributed by atoms with Gasteiger partial charge in [-0.25, -0.2) is 4.98 Å². The van der Waals surface area contributed by atoms with Crippen LogP contribution >= 0.6 is 0 Å². The van der Waals surface area contributed by atoms with Crippen molar-refractivity contribution in [3.8, 4) is 11.4 Å². The Kier molecular flexibility index (Phi) is 1.77. The minimum absolute atomic E-state index is 0.841. The van der Waals surface area contributed by atoms with Crippen molar-refractivity contribution in [3.05, 3.63) is 42.5 Å². The van der Waals surface area contributed by atoms with Gasteiger partial charge in [0.25, 0.3) is 0 Å². The van der Waals surface area contributed by atoms with Crippen LogP contribution in [0.15, 0.2) is 42.5 Å². The fourth-order valence-electron chi connectivity index (χ4n) is 2.08. The van der Waals surface area contributed by atoms with E-state index in [1.807, 2.05) is 42.5 Å². The number of nitrogens with one attached hydrogen (secondary N) is 2. The van der Waals surface area contributed by atoms with E-state index >= 15 is 0 Å². The molecule has 0 fully saturated rings. The van der Waals surface area contributed by atoms with Gasteiger partial charge < -0.3 is 4.98 Å². The first-order valence-corrected chi connectivity index (χ1v) is 5.66. The van der Waals surface area contributed by atoms with E-state index in [0.29, 0.717) is 0 Å². The molecule has 0 saturated carbocycles. The number of fused-ring (bicyclic) bond motifs is 2. The van der Waals surface area contributed by atoms with Crippen LogP contribution in [-0.2, 0) is 0 Å². The summed E-state index contributed by atoms with van der Waals surface area (Å²) in [7, 11) is 0. The molecule has 0 saturated heterocycles. The lowest BCUT2D eigenvalue weighted by molar-refractivity contribution is 0.959. The molecule has 5 heteroatoms. The van der Waals surface area contributed by atoms with Crippen molar-refractivity contribution in [1.29, 1.82) is 0 Å². The molecular formula is C13H9N5. The molecule has 0 radical (unpaired) electrons. The number of benzene rings is 2. The molecule has 2 aromatic carbocycles. The number of aromatic amines is 2. The minimum Gasteiger partial charge on any atom is -0.338 e. The Morgan fingerprint density at radius 1 is 0.889 bits per heavy atom. The molecule has 5 nitrogen and oxygen atoms in total. The first kappa shape index (κ1) is 9.35. The molecule has 0 aliphatic rings. The van der Waals surface area contributed by atoms with Crippen LogP contribution in [0.2, 0.25) is 0 Å². The second kappa shape index (κ2) is 3.40. The lowest BCUT2D eigenvalue weighted by Crippen LogP contribution is -1.80. The van der Waals surface area contributed by atoms with Gasteiger partial charge in [-0.2, -0.15) is 0 Å². The monoisotopic (exact) mass is 235 g/mol. The maximum absolute atomic E-state index is 4.56. The molecule has 86 valence electrons. The van der Waals surface area contributed by atoms with Crippen LogP contribution in [0.1, 0.15) is 0 Å². The van der Waals surface area contributed by atoms with Crippen molar-refractivity contribution in [2.45, 2.75) is 0 Å². The van der Waals surface area contributed by atoms with Crippen LogP contribution in [0.4, 0.5) is 0 Å². The van der Waals surface area contributed by atoms with Gasteiger partial charge >= 0.3 is 0 Å². The third-order valence-electron chi connectivity index (χ3n) is 2.99. The van der Waals surface area contributed by atoms with E-state index in [0.717, 1.165) is 33.5 Å². The molecule has 2 heterocycles. The van der Waals surface area contributed by atoms with Crippen molar-refractivity contribution in [3.63, 3.8) is 0 Å². The lowest BCUT2D eigenvalue weighted by atomic mass is 10.2. The van der Waals surface area contributed by atoms with E-state index in [-0.39, 0.29) is 0 Å². The number of rotatable bonds is 1. The molecule has 2 aromatic heterocycles. The van der Waals surface area contributed by atoms with Gasteiger partial charge in [-0.05, 0) is 30.3 Å². The topological polar surface area (TPSA) is 70.2 Å². The predicted octanol–water partition coefficient (Wildman–Crippen LogP) is 2.50. The van der Waals surface area contributed by atoms with E-state index in [2.05, 4.69) is 25.4 Å². The van der Waals surface area contributed by atoms with Crippen molar-refractivity contribution in [2.24, 2.45) is 0 Å². The average molecular weight is 235 g/mol. The Morgan fingerprint density at radius 2 is 1.83 bits per heavy atom. The summed E-state index contributed by atoms with van der Waals surface area (Å²) in [6, 6.07) is 13.9. The highest BCUT2D eigenvalue weighted by atomic mass is 15.3. The molecule has 0 atom stereocenters. The van der Waals surface area contributed by atoms with E-state index < -0.39 is 0 Å². The summed E-state index contributed by atoms with van der Waals surface area (Å²) < 4.78 is 0. The first-order valence-electron chi connectivity index (χ1n) is 5.66. The maximum Gasteiger partial charge on any atom is 0.138 e. The van der Waals surface area contributed by atoms with Gasteiger partial charge in [0.1, 0.15) is 11.3 Å². The fraction of sp³-hybridized carbons (Fsp3) is 0. The summed E-state index contributed by atoms with van der Waals surface area (Å²) in [5.41, 5.74) is 4.77. The van der Waals surface area contributed by atoms with E-state index in [1.54, 1.807) is 0 Å². The number of H-pyrrole nitrogens is 2. The molecule has 2 N–H and O–H groups in total. The van der Waals surface area contributed by atoms with Crippen LogP contribution in [-0.4, -0.2) is 25.4 Å². The summed E-state index contributed by atoms with van der Waals surface area (Å²) in [6.45, 7) is 0. The zero-order valence-corrected chi connectivity index (χ0v) is 9.38. The van der Waals surface area contributed by atoms with Gasteiger partial charge in [0.15, 0.2) is 0 Å². The molecule has 0 aliphatic carbocycles. The van der Waals surface area contributed by atoms with Gasteiger partial charge in [0, 0.05) is 5.56 Å². The Labute approximate surface area is 102 Å². The van der Waals surface area contributed by atoms with Crippen molar-refractivity contribution in [1.82, 2.24) is 25.4 Å². The predicted molar refractivity (Wildman–Crippen MR) is 69.0 cm³/mol. The Hall–Kier alpha value is -2.69. The lowest BCUT2D eigenvalue weighted by Gasteiger charge is -1.95. The number of para-hydroxylation sites is 2. The number of imidazole rings is 1. The SMILES string of the molecule is c1ccc2[nH]c(-c3ccc4[nH]nnc4c3)nc2c1. The smallest absolute Gasteiger partial charge is 0.138 e. The Morgan fingerprint density at radius 3 is 2.78 bits per heavy atom. The number of hydrogen-bond acceptors (Lipinski definition) is 3. The Balaban J connectivity index is 1.94. The maximum atomic E-state index is 4.56. The average Bonchev–Trinajstić information content (AvgIpc) is 3.04. The van der Waals surface area contributed by atoms with Crippen LogP contribution < -0.4 is 0 Å². The second-order valence-electron chi connectivity index (χ2n) is 4.15. The number of nitrogens with zero attached hydrogens (tertiary/aromatic N) is 3. The number of hydrogen-bond donors (Lipinski definition) is 2. The third kappa shape index (κ3) is 1.31. The zero-order valence-electron chi connectivity index (χ0n) is 9.38. The largest absolute Gasteiger partial charge is 0.338 e.